The van der Waals surface area contributed by atoms with Crippen LogP contribution in [0.15, 0.2) is 152 Å². The van der Waals surface area contributed by atoms with Crippen molar-refractivity contribution in [2.45, 2.75) is 0 Å². The van der Waals surface area contributed by atoms with Crippen LogP contribution in [0.25, 0.3) is 77.9 Å². The number of aldehydes is 1. The molecule has 0 saturated carbocycles. The fraction of sp³-hybridized carbons (Fsp3) is 0.140. The Kier molecular flexibility index (Phi) is 13.3. The smallest absolute Gasteiger partial charge is 0.150 e. The van der Waals surface area contributed by atoms with Crippen LogP contribution in [0, 0.1) is 0 Å². The normalized spacial score (nSPS) is 10.8. The number of carbonyl (C=O) groups excluding carboxylic acids is 1. The van der Waals surface area contributed by atoms with Crippen molar-refractivity contribution in [1.82, 2.24) is 0 Å². The van der Waals surface area contributed by atoms with Crippen LogP contribution in [0.1, 0.15) is 10.4 Å². The average Bonchev–Trinajstić information content (AvgIpc) is 3.39. The van der Waals surface area contributed by atoms with Crippen molar-refractivity contribution in [3.05, 3.63) is 157 Å². The second-order valence-corrected chi connectivity index (χ2v) is 15.4. The van der Waals surface area contributed by atoms with Crippen LogP contribution in [-0.2, 0) is 0 Å². The number of hydrogen-bond donors (Lipinski definition) is 0. The second kappa shape index (κ2) is 19.7. The molecule has 0 fully saturated rings. The lowest BCUT2D eigenvalue weighted by atomic mass is 9.88. The fourth-order valence-electron chi connectivity index (χ4n) is 8.25. The topological polar surface area (TPSA) is 90.9 Å². The second-order valence-electron chi connectivity index (χ2n) is 15.4. The van der Waals surface area contributed by atoms with Gasteiger partial charge in [0.05, 0.1) is 56.9 Å². The minimum Gasteiger partial charge on any atom is -0.497 e. The zero-order valence-corrected chi connectivity index (χ0v) is 38.2. The summed E-state index contributed by atoms with van der Waals surface area (Å²) in [6.45, 7) is 0. The Labute approximate surface area is 385 Å². The van der Waals surface area contributed by atoms with Crippen LogP contribution < -0.4 is 37.9 Å². The van der Waals surface area contributed by atoms with Gasteiger partial charge in [0, 0.05) is 27.8 Å². The molecule has 66 heavy (non-hydrogen) atoms. The summed E-state index contributed by atoms with van der Waals surface area (Å²) >= 11 is 0. The minimum atomic E-state index is 0.587. The first kappa shape index (κ1) is 44.4. The maximum Gasteiger partial charge on any atom is 0.150 e. The molecule has 0 aliphatic rings. The van der Waals surface area contributed by atoms with Crippen molar-refractivity contribution in [1.29, 1.82) is 0 Å². The molecule has 0 bridgehead atoms. The molecule has 0 N–H and O–H groups in total. The predicted octanol–water partition coefficient (Wildman–Crippen LogP) is 13.2. The van der Waals surface area contributed by atoms with Gasteiger partial charge in [0.1, 0.15) is 52.3 Å². The maximum atomic E-state index is 11.8. The Morgan fingerprint density at radius 2 is 0.500 bits per heavy atom. The highest BCUT2D eigenvalue weighted by Crippen LogP contribution is 2.45. The number of carbonyl (C=O) groups is 1. The molecule has 0 amide bonds. The summed E-state index contributed by atoms with van der Waals surface area (Å²) in [5.41, 5.74) is 13.1. The Hall–Kier alpha value is -8.17. The summed E-state index contributed by atoms with van der Waals surface area (Å²) < 4.78 is 46.6. The van der Waals surface area contributed by atoms with Gasteiger partial charge in [0.25, 0.3) is 0 Å². The van der Waals surface area contributed by atoms with Crippen LogP contribution in [0.3, 0.4) is 0 Å². The highest BCUT2D eigenvalue weighted by Gasteiger charge is 2.19. The van der Waals surface area contributed by atoms with Crippen LogP contribution in [0.2, 0.25) is 0 Å². The van der Waals surface area contributed by atoms with Gasteiger partial charge in [-0.15, -0.1) is 0 Å². The molecular formula is C57H50O9. The zero-order valence-electron chi connectivity index (χ0n) is 38.2. The Balaban J connectivity index is 1.45. The van der Waals surface area contributed by atoms with Crippen molar-refractivity contribution in [2.75, 3.05) is 56.9 Å². The molecule has 0 saturated heterocycles. The van der Waals surface area contributed by atoms with E-state index in [-0.39, 0.29) is 0 Å². The quantitative estimate of drug-likeness (QED) is 0.0880. The molecule has 0 aliphatic heterocycles. The summed E-state index contributed by atoms with van der Waals surface area (Å²) in [5.74, 6) is 5.51. The van der Waals surface area contributed by atoms with Crippen LogP contribution in [0.5, 0.6) is 46.0 Å². The third-order valence-electron chi connectivity index (χ3n) is 11.7. The molecule has 8 aromatic carbocycles. The largest absolute Gasteiger partial charge is 0.497 e. The van der Waals surface area contributed by atoms with E-state index in [1.54, 1.807) is 56.9 Å². The van der Waals surface area contributed by atoms with E-state index in [9.17, 15) is 4.79 Å². The third-order valence-corrected chi connectivity index (χ3v) is 11.7. The van der Waals surface area contributed by atoms with Gasteiger partial charge in [0.15, 0.2) is 0 Å². The average molecular weight is 879 g/mol. The van der Waals surface area contributed by atoms with Gasteiger partial charge in [0.2, 0.25) is 0 Å². The van der Waals surface area contributed by atoms with Crippen molar-refractivity contribution in [3.8, 4) is 124 Å². The lowest BCUT2D eigenvalue weighted by Crippen LogP contribution is -1.95. The van der Waals surface area contributed by atoms with E-state index in [0.29, 0.717) is 51.6 Å². The lowest BCUT2D eigenvalue weighted by Gasteiger charge is -2.19. The van der Waals surface area contributed by atoms with Crippen LogP contribution in [0.4, 0.5) is 0 Å². The molecule has 0 spiro atoms. The molecule has 0 heterocycles. The SMILES string of the molecule is COc1ccc(OC)c(-c2cc(-c3cc(-c4ccc(C=O)cc4)cc(-c4cc(-c5cc(OC)ccc5OC)cc(-c5cc(OC)ccc5OC)c4)c3)cc(-c3cc(OC)ccc3OC)c2)c1. The number of ether oxygens (including phenoxy) is 8. The van der Waals surface area contributed by atoms with E-state index in [4.69, 9.17) is 37.9 Å². The number of hydrogen-bond acceptors (Lipinski definition) is 9. The van der Waals surface area contributed by atoms with E-state index < -0.39 is 0 Å². The van der Waals surface area contributed by atoms with Gasteiger partial charge in [-0.25, -0.2) is 0 Å². The summed E-state index contributed by atoms with van der Waals surface area (Å²) in [6, 6.07) is 50.2. The van der Waals surface area contributed by atoms with Crippen molar-refractivity contribution >= 4 is 6.29 Å². The lowest BCUT2D eigenvalue weighted by molar-refractivity contribution is 0.112. The molecule has 0 aromatic heterocycles. The summed E-state index contributed by atoms with van der Waals surface area (Å²) in [6.07, 6.45) is 0.852. The zero-order chi connectivity index (χ0) is 46.3. The highest BCUT2D eigenvalue weighted by molar-refractivity contribution is 5.91. The van der Waals surface area contributed by atoms with Gasteiger partial charge in [-0.05, 0) is 183 Å². The first-order valence-electron chi connectivity index (χ1n) is 21.1. The Bertz CT molecular complexity index is 2720. The first-order valence-corrected chi connectivity index (χ1v) is 21.1. The summed E-state index contributed by atoms with van der Waals surface area (Å²) in [4.78, 5) is 11.8. The minimum absolute atomic E-state index is 0.587. The first-order chi connectivity index (χ1) is 32.2. The number of rotatable bonds is 16. The highest BCUT2D eigenvalue weighted by atomic mass is 16.5. The maximum absolute atomic E-state index is 11.8. The van der Waals surface area contributed by atoms with E-state index in [1.807, 2.05) is 97.1 Å². The van der Waals surface area contributed by atoms with Gasteiger partial charge in [-0.2, -0.15) is 0 Å². The van der Waals surface area contributed by atoms with Crippen molar-refractivity contribution < 1.29 is 42.7 Å². The monoisotopic (exact) mass is 878 g/mol. The summed E-state index contributed by atoms with van der Waals surface area (Å²) in [7, 11) is 13.3. The molecule has 0 radical (unpaired) electrons. The molecule has 0 atom stereocenters. The molecule has 332 valence electrons. The number of methoxy groups -OCH3 is 8. The van der Waals surface area contributed by atoms with E-state index >= 15 is 0 Å². The molecule has 9 nitrogen and oxygen atoms in total. The predicted molar refractivity (Wildman–Crippen MR) is 262 cm³/mol. The van der Waals surface area contributed by atoms with E-state index in [0.717, 1.165) is 84.2 Å². The Morgan fingerprint density at radius 3 is 0.742 bits per heavy atom. The van der Waals surface area contributed by atoms with Gasteiger partial charge in [-0.3, -0.25) is 4.79 Å². The Morgan fingerprint density at radius 1 is 0.258 bits per heavy atom. The van der Waals surface area contributed by atoms with Gasteiger partial charge < -0.3 is 37.9 Å². The summed E-state index contributed by atoms with van der Waals surface area (Å²) in [5, 5.41) is 0. The standard InChI is InChI=1S/C57H50O9/c1-59-46-13-17-54(63-5)50(30-46)42-24-40(25-43(28-42)51-31-47(60-2)14-18-55(51)64-6)38-21-37(36-11-9-35(34-58)10-12-36)22-39(23-38)41-26-44(52-32-48(61-3)15-19-56(52)65-7)29-45(27-41)53-33-49(62-4)16-20-57(53)66-8/h9-34H,1-8H3. The third kappa shape index (κ3) is 9.10. The van der Waals surface area contributed by atoms with Crippen LogP contribution >= 0.6 is 0 Å². The molecule has 0 unspecified atom stereocenters. The van der Waals surface area contributed by atoms with Gasteiger partial charge in [-0.1, -0.05) is 24.3 Å². The van der Waals surface area contributed by atoms with E-state index in [1.165, 1.54) is 0 Å². The fourth-order valence-corrected chi connectivity index (χ4v) is 8.25. The van der Waals surface area contributed by atoms with Crippen molar-refractivity contribution in [2.24, 2.45) is 0 Å². The molecular weight excluding hydrogens is 829 g/mol. The van der Waals surface area contributed by atoms with Crippen molar-refractivity contribution in [3.63, 3.8) is 0 Å². The molecule has 8 aromatic rings. The molecule has 9 heteroatoms. The van der Waals surface area contributed by atoms with E-state index in [2.05, 4.69) is 54.6 Å². The van der Waals surface area contributed by atoms with Crippen LogP contribution in [-0.4, -0.2) is 63.2 Å². The van der Waals surface area contributed by atoms with Gasteiger partial charge >= 0.3 is 0 Å². The molecule has 0 aliphatic carbocycles. The number of benzene rings is 8. The molecule has 8 rings (SSSR count).